The number of rotatable bonds is 3. The number of amides is 2. The maximum absolute atomic E-state index is 13.0. The van der Waals surface area contributed by atoms with E-state index >= 15 is 0 Å². The van der Waals surface area contributed by atoms with E-state index in [0.29, 0.717) is 37.7 Å². The van der Waals surface area contributed by atoms with E-state index in [1.807, 2.05) is 24.3 Å². The van der Waals surface area contributed by atoms with E-state index < -0.39 is 17.8 Å². The zero-order valence-electron chi connectivity index (χ0n) is 14.5. The fourth-order valence-corrected chi connectivity index (χ4v) is 3.25. The van der Waals surface area contributed by atoms with Gasteiger partial charge in [-0.2, -0.15) is 13.2 Å². The van der Waals surface area contributed by atoms with Crippen LogP contribution in [0.5, 0.6) is 0 Å². The molecule has 0 aliphatic carbocycles. The number of alkyl halides is 3. The number of hydrogen-bond acceptors (Lipinski definition) is 2. The number of nitrogens with one attached hydrogen (secondary N) is 1. The van der Waals surface area contributed by atoms with Crippen molar-refractivity contribution in [1.29, 1.82) is 0 Å². The molecular weight excluding hydrogens is 379 g/mol. The molecule has 0 unspecified atom stereocenters. The summed E-state index contributed by atoms with van der Waals surface area (Å²) in [6, 6.07) is 12.0. The molecule has 0 bridgehead atoms. The lowest BCUT2D eigenvalue weighted by atomic mass is 10.1. The molecule has 0 aromatic heterocycles. The van der Waals surface area contributed by atoms with Crippen LogP contribution in [0, 0.1) is 0 Å². The molecule has 27 heavy (non-hydrogen) atoms. The highest BCUT2D eigenvalue weighted by molar-refractivity contribution is 6.30. The molecule has 2 aromatic rings. The number of piperazine rings is 1. The van der Waals surface area contributed by atoms with Gasteiger partial charge in [-0.1, -0.05) is 35.9 Å². The summed E-state index contributed by atoms with van der Waals surface area (Å²) in [5, 5.41) is 3.06. The molecular formula is C19H19ClF3N3O. The third-order valence-electron chi connectivity index (χ3n) is 4.43. The van der Waals surface area contributed by atoms with Gasteiger partial charge in [0.15, 0.2) is 0 Å². The van der Waals surface area contributed by atoms with E-state index in [1.165, 1.54) is 23.1 Å². The van der Waals surface area contributed by atoms with Gasteiger partial charge in [0.2, 0.25) is 0 Å². The molecule has 8 heteroatoms. The first kappa shape index (κ1) is 19.5. The van der Waals surface area contributed by atoms with Gasteiger partial charge < -0.3 is 10.2 Å². The molecule has 0 radical (unpaired) electrons. The lowest BCUT2D eigenvalue weighted by molar-refractivity contribution is -0.136. The van der Waals surface area contributed by atoms with Crippen LogP contribution in [-0.2, 0) is 12.7 Å². The Morgan fingerprint density at radius 3 is 2.41 bits per heavy atom. The number of carbonyl (C=O) groups is 1. The van der Waals surface area contributed by atoms with Crippen molar-refractivity contribution in [2.24, 2.45) is 0 Å². The maximum Gasteiger partial charge on any atom is 0.418 e. The Morgan fingerprint density at radius 2 is 1.74 bits per heavy atom. The van der Waals surface area contributed by atoms with Crippen LogP contribution >= 0.6 is 11.6 Å². The lowest BCUT2D eigenvalue weighted by Gasteiger charge is -2.34. The summed E-state index contributed by atoms with van der Waals surface area (Å²) in [5.41, 5.74) is 0.00815. The van der Waals surface area contributed by atoms with Gasteiger partial charge in [-0.25, -0.2) is 4.79 Å². The van der Waals surface area contributed by atoms with Crippen LogP contribution in [-0.4, -0.2) is 42.0 Å². The molecule has 0 spiro atoms. The number of anilines is 1. The monoisotopic (exact) mass is 397 g/mol. The van der Waals surface area contributed by atoms with Crippen molar-refractivity contribution in [3.63, 3.8) is 0 Å². The van der Waals surface area contributed by atoms with Crippen molar-refractivity contribution in [3.8, 4) is 0 Å². The van der Waals surface area contributed by atoms with Gasteiger partial charge in [-0.05, 0) is 29.8 Å². The molecule has 1 aliphatic rings. The van der Waals surface area contributed by atoms with Crippen LogP contribution < -0.4 is 5.32 Å². The fourth-order valence-electron chi connectivity index (χ4n) is 3.04. The molecule has 4 nitrogen and oxygen atoms in total. The standard InChI is InChI=1S/C19H19ClF3N3O/c20-15-5-3-4-14(12-15)13-25-8-10-26(11-9-25)18(27)24-17-7-2-1-6-16(17)19(21,22)23/h1-7,12H,8-11,13H2,(H,24,27). The molecule has 0 saturated carbocycles. The molecule has 1 aliphatic heterocycles. The highest BCUT2D eigenvalue weighted by Gasteiger charge is 2.34. The number of hydrogen-bond donors (Lipinski definition) is 1. The first-order chi connectivity index (χ1) is 12.8. The lowest BCUT2D eigenvalue weighted by Crippen LogP contribution is -2.49. The maximum atomic E-state index is 13.0. The Kier molecular flexibility index (Phi) is 5.92. The molecule has 1 heterocycles. The summed E-state index contributed by atoms with van der Waals surface area (Å²) < 4.78 is 39.1. The van der Waals surface area contributed by atoms with E-state index in [-0.39, 0.29) is 5.69 Å². The number of benzene rings is 2. The largest absolute Gasteiger partial charge is 0.418 e. The molecule has 3 rings (SSSR count). The Bertz CT molecular complexity index is 805. The van der Waals surface area contributed by atoms with Crippen LogP contribution in [0.4, 0.5) is 23.7 Å². The van der Waals surface area contributed by atoms with E-state index in [0.717, 1.165) is 11.6 Å². The third kappa shape index (κ3) is 5.14. The van der Waals surface area contributed by atoms with Gasteiger partial charge in [0, 0.05) is 37.7 Å². The Hall–Kier alpha value is -2.25. The minimum Gasteiger partial charge on any atom is -0.322 e. The topological polar surface area (TPSA) is 35.6 Å². The Labute approximate surface area is 160 Å². The smallest absolute Gasteiger partial charge is 0.322 e. The minimum atomic E-state index is -4.51. The second-order valence-electron chi connectivity index (χ2n) is 6.37. The number of urea groups is 1. The van der Waals surface area contributed by atoms with Crippen LogP contribution in [0.3, 0.4) is 0 Å². The van der Waals surface area contributed by atoms with Crippen LogP contribution in [0.1, 0.15) is 11.1 Å². The van der Waals surface area contributed by atoms with E-state index in [4.69, 9.17) is 11.6 Å². The third-order valence-corrected chi connectivity index (χ3v) is 4.66. The molecule has 0 atom stereocenters. The molecule has 2 amide bonds. The summed E-state index contributed by atoms with van der Waals surface area (Å²) in [6.07, 6.45) is -4.51. The average molecular weight is 398 g/mol. The minimum absolute atomic E-state index is 0.226. The van der Waals surface area contributed by atoms with Gasteiger partial charge >= 0.3 is 12.2 Å². The highest BCUT2D eigenvalue weighted by Crippen LogP contribution is 2.34. The van der Waals surface area contributed by atoms with Crippen LogP contribution in [0.2, 0.25) is 5.02 Å². The predicted molar refractivity (Wildman–Crippen MR) is 98.8 cm³/mol. The van der Waals surface area contributed by atoms with Crippen molar-refractivity contribution in [2.45, 2.75) is 12.7 Å². The van der Waals surface area contributed by atoms with Gasteiger partial charge in [0.1, 0.15) is 0 Å². The summed E-state index contributed by atoms with van der Waals surface area (Å²) in [6.45, 7) is 2.88. The first-order valence-electron chi connectivity index (χ1n) is 8.52. The predicted octanol–water partition coefficient (Wildman–Crippen LogP) is 4.71. The Morgan fingerprint density at radius 1 is 1.04 bits per heavy atom. The molecule has 1 fully saturated rings. The van der Waals surface area contributed by atoms with Crippen LogP contribution in [0.25, 0.3) is 0 Å². The summed E-state index contributed by atoms with van der Waals surface area (Å²) in [4.78, 5) is 16.1. The zero-order valence-corrected chi connectivity index (χ0v) is 15.2. The average Bonchev–Trinajstić information content (AvgIpc) is 2.62. The van der Waals surface area contributed by atoms with Crippen molar-refractivity contribution < 1.29 is 18.0 Å². The van der Waals surface area contributed by atoms with E-state index in [2.05, 4.69) is 10.2 Å². The van der Waals surface area contributed by atoms with Gasteiger partial charge in [-0.3, -0.25) is 4.90 Å². The first-order valence-corrected chi connectivity index (χ1v) is 8.90. The van der Waals surface area contributed by atoms with Crippen molar-refractivity contribution in [3.05, 3.63) is 64.7 Å². The van der Waals surface area contributed by atoms with E-state index in [1.54, 1.807) is 0 Å². The van der Waals surface area contributed by atoms with Gasteiger partial charge in [0.05, 0.1) is 11.3 Å². The van der Waals surface area contributed by atoms with Gasteiger partial charge in [-0.15, -0.1) is 0 Å². The normalized spacial score (nSPS) is 15.6. The highest BCUT2D eigenvalue weighted by atomic mass is 35.5. The fraction of sp³-hybridized carbons (Fsp3) is 0.316. The summed E-state index contributed by atoms with van der Waals surface area (Å²) in [5.74, 6) is 0. The second kappa shape index (κ2) is 8.19. The zero-order chi connectivity index (χ0) is 19.4. The number of nitrogens with zero attached hydrogens (tertiary/aromatic N) is 2. The van der Waals surface area contributed by atoms with Crippen LogP contribution in [0.15, 0.2) is 48.5 Å². The Balaban J connectivity index is 1.56. The molecule has 144 valence electrons. The number of halogens is 4. The number of carbonyl (C=O) groups excluding carboxylic acids is 1. The second-order valence-corrected chi connectivity index (χ2v) is 6.80. The molecule has 1 N–H and O–H groups in total. The molecule has 1 saturated heterocycles. The van der Waals surface area contributed by atoms with Crippen molar-refractivity contribution in [1.82, 2.24) is 9.80 Å². The molecule has 2 aromatic carbocycles. The van der Waals surface area contributed by atoms with Gasteiger partial charge in [0.25, 0.3) is 0 Å². The van der Waals surface area contributed by atoms with Crippen molar-refractivity contribution >= 4 is 23.3 Å². The quantitative estimate of drug-likeness (QED) is 0.814. The number of para-hydroxylation sites is 1. The summed E-state index contributed by atoms with van der Waals surface area (Å²) >= 11 is 5.99. The van der Waals surface area contributed by atoms with E-state index in [9.17, 15) is 18.0 Å². The SMILES string of the molecule is O=C(Nc1ccccc1C(F)(F)F)N1CCN(Cc2cccc(Cl)c2)CC1. The summed E-state index contributed by atoms with van der Waals surface area (Å²) in [7, 11) is 0. The van der Waals surface area contributed by atoms with Crippen molar-refractivity contribution in [2.75, 3.05) is 31.5 Å².